The minimum atomic E-state index is 1.20. The summed E-state index contributed by atoms with van der Waals surface area (Å²) in [5.41, 5.74) is 0. The lowest BCUT2D eigenvalue weighted by molar-refractivity contribution is 0.579. The fourth-order valence-electron chi connectivity index (χ4n) is 1.44. The quantitative estimate of drug-likeness (QED) is 0.227. The maximum absolute atomic E-state index is 3.73. The number of alkyl halides is 1. The summed E-state index contributed by atoms with van der Waals surface area (Å²) >= 11 is 2.46. The van der Waals surface area contributed by atoms with Crippen molar-refractivity contribution in [1.82, 2.24) is 0 Å². The van der Waals surface area contributed by atoms with Crippen LogP contribution in [0.1, 0.15) is 57.8 Å². The van der Waals surface area contributed by atoms with Gasteiger partial charge in [0.1, 0.15) is 0 Å². The maximum Gasteiger partial charge on any atom is -0.000473 e. The van der Waals surface area contributed by atoms with Crippen molar-refractivity contribution in [2.45, 2.75) is 57.8 Å². The third-order valence-electron chi connectivity index (χ3n) is 2.29. The highest BCUT2D eigenvalue weighted by atomic mass is 127. The van der Waals surface area contributed by atoms with Gasteiger partial charge in [0.2, 0.25) is 0 Å². The van der Waals surface area contributed by atoms with E-state index < -0.39 is 0 Å². The van der Waals surface area contributed by atoms with Gasteiger partial charge >= 0.3 is 0 Å². The van der Waals surface area contributed by atoms with Crippen LogP contribution in [0.15, 0.2) is 12.7 Å². The zero-order valence-corrected chi connectivity index (χ0v) is 10.9. The van der Waals surface area contributed by atoms with E-state index >= 15 is 0 Å². The number of unbranched alkanes of at least 4 members (excludes halogenated alkanes) is 8. The van der Waals surface area contributed by atoms with Gasteiger partial charge in [0.15, 0.2) is 0 Å². The first kappa shape index (κ1) is 13.5. The van der Waals surface area contributed by atoms with Crippen LogP contribution in [-0.4, -0.2) is 4.43 Å². The van der Waals surface area contributed by atoms with Gasteiger partial charge in [0, 0.05) is 0 Å². The highest BCUT2D eigenvalue weighted by Gasteiger charge is 1.90. The molecule has 0 aliphatic carbocycles. The van der Waals surface area contributed by atoms with Crippen molar-refractivity contribution in [1.29, 1.82) is 0 Å². The van der Waals surface area contributed by atoms with E-state index in [9.17, 15) is 0 Å². The van der Waals surface area contributed by atoms with Crippen molar-refractivity contribution in [3.8, 4) is 0 Å². The molecule has 0 aliphatic rings. The van der Waals surface area contributed by atoms with Gasteiger partial charge in [-0.05, 0) is 23.7 Å². The lowest BCUT2D eigenvalue weighted by Gasteiger charge is -1.99. The first-order valence-electron chi connectivity index (χ1n) is 5.58. The lowest BCUT2D eigenvalue weighted by atomic mass is 10.1. The Balaban J connectivity index is 2.79. The van der Waals surface area contributed by atoms with Gasteiger partial charge < -0.3 is 0 Å². The van der Waals surface area contributed by atoms with Gasteiger partial charge in [0.05, 0.1) is 0 Å². The van der Waals surface area contributed by atoms with Gasteiger partial charge in [0.25, 0.3) is 0 Å². The van der Waals surface area contributed by atoms with Crippen LogP contribution in [0.5, 0.6) is 0 Å². The molecule has 0 N–H and O–H groups in total. The van der Waals surface area contributed by atoms with Crippen LogP contribution in [-0.2, 0) is 0 Å². The molecule has 78 valence electrons. The molecular weight excluding hydrogens is 271 g/mol. The lowest BCUT2D eigenvalue weighted by Crippen LogP contribution is -1.81. The molecule has 0 spiro atoms. The van der Waals surface area contributed by atoms with Crippen LogP contribution in [0, 0.1) is 0 Å². The number of allylic oxidation sites excluding steroid dienone is 1. The molecule has 0 saturated carbocycles. The minimum Gasteiger partial charge on any atom is -0.103 e. The predicted octanol–water partition coefficient (Wildman–Crippen LogP) is 5.12. The Bertz CT molecular complexity index is 99.3. The van der Waals surface area contributed by atoms with E-state index in [1.807, 2.05) is 6.08 Å². The Hall–Kier alpha value is 0.470. The average Bonchev–Trinajstić information content (AvgIpc) is 2.16. The molecule has 0 amide bonds. The molecule has 0 atom stereocenters. The molecule has 0 heterocycles. The topological polar surface area (TPSA) is 0 Å². The SMILES string of the molecule is C=CCCCCCCCCCCI. The second-order valence-electron chi connectivity index (χ2n) is 3.59. The standard InChI is InChI=1S/C12H23I/c1-2-3-4-5-6-7-8-9-10-11-12-13/h2H,1,3-12H2. The number of halogens is 1. The Morgan fingerprint density at radius 3 is 1.69 bits per heavy atom. The summed E-state index contributed by atoms with van der Waals surface area (Å²) < 4.78 is 1.33. The van der Waals surface area contributed by atoms with Gasteiger partial charge in [-0.15, -0.1) is 6.58 Å². The predicted molar refractivity (Wildman–Crippen MR) is 70.6 cm³/mol. The molecule has 0 aromatic carbocycles. The zero-order valence-electron chi connectivity index (χ0n) is 8.73. The Labute approximate surface area is 97.3 Å². The molecule has 0 unspecified atom stereocenters. The summed E-state index contributed by atoms with van der Waals surface area (Å²) in [6.45, 7) is 3.73. The molecule has 0 aromatic rings. The smallest absolute Gasteiger partial charge is 0.000473 e. The summed E-state index contributed by atoms with van der Waals surface area (Å²) in [6.07, 6.45) is 14.6. The van der Waals surface area contributed by atoms with Crippen molar-refractivity contribution >= 4 is 22.6 Å². The van der Waals surface area contributed by atoms with Crippen molar-refractivity contribution in [3.63, 3.8) is 0 Å². The second kappa shape index (κ2) is 12.5. The molecule has 0 fully saturated rings. The van der Waals surface area contributed by atoms with Crippen molar-refractivity contribution in [2.24, 2.45) is 0 Å². The third kappa shape index (κ3) is 12.5. The molecule has 13 heavy (non-hydrogen) atoms. The van der Waals surface area contributed by atoms with E-state index in [0.717, 1.165) is 0 Å². The second-order valence-corrected chi connectivity index (χ2v) is 4.67. The molecule has 0 bridgehead atoms. The molecule has 0 aliphatic heterocycles. The fourth-order valence-corrected chi connectivity index (χ4v) is 1.98. The summed E-state index contributed by atoms with van der Waals surface area (Å²) in [5, 5.41) is 0. The number of rotatable bonds is 10. The average molecular weight is 294 g/mol. The van der Waals surface area contributed by atoms with Gasteiger partial charge in [-0.2, -0.15) is 0 Å². The number of hydrogen-bond donors (Lipinski definition) is 0. The monoisotopic (exact) mass is 294 g/mol. The summed E-state index contributed by atoms with van der Waals surface area (Å²) in [4.78, 5) is 0. The van der Waals surface area contributed by atoms with Crippen molar-refractivity contribution < 1.29 is 0 Å². The summed E-state index contributed by atoms with van der Waals surface area (Å²) in [6, 6.07) is 0. The van der Waals surface area contributed by atoms with Crippen LogP contribution in [0.25, 0.3) is 0 Å². The van der Waals surface area contributed by atoms with E-state index in [2.05, 4.69) is 29.2 Å². The minimum absolute atomic E-state index is 1.20. The Kier molecular flexibility index (Phi) is 12.9. The first-order chi connectivity index (χ1) is 6.41. The van der Waals surface area contributed by atoms with Crippen molar-refractivity contribution in [3.05, 3.63) is 12.7 Å². The van der Waals surface area contributed by atoms with Crippen LogP contribution < -0.4 is 0 Å². The first-order valence-corrected chi connectivity index (χ1v) is 7.11. The van der Waals surface area contributed by atoms with E-state index in [1.54, 1.807) is 0 Å². The molecule has 0 saturated heterocycles. The van der Waals surface area contributed by atoms with Gasteiger partial charge in [-0.1, -0.05) is 67.2 Å². The third-order valence-corrected chi connectivity index (χ3v) is 3.05. The molecular formula is C12H23I. The highest BCUT2D eigenvalue weighted by Crippen LogP contribution is 2.10. The Morgan fingerprint density at radius 2 is 1.23 bits per heavy atom. The summed E-state index contributed by atoms with van der Waals surface area (Å²) in [5.74, 6) is 0. The van der Waals surface area contributed by atoms with Gasteiger partial charge in [-0.3, -0.25) is 0 Å². The molecule has 0 nitrogen and oxygen atoms in total. The highest BCUT2D eigenvalue weighted by molar-refractivity contribution is 14.1. The van der Waals surface area contributed by atoms with Gasteiger partial charge in [-0.25, -0.2) is 0 Å². The summed E-state index contributed by atoms with van der Waals surface area (Å²) in [7, 11) is 0. The number of hydrogen-bond acceptors (Lipinski definition) is 0. The van der Waals surface area contributed by atoms with E-state index in [1.165, 1.54) is 62.2 Å². The van der Waals surface area contributed by atoms with Crippen LogP contribution in [0.4, 0.5) is 0 Å². The van der Waals surface area contributed by atoms with Crippen molar-refractivity contribution in [2.75, 3.05) is 4.43 Å². The van der Waals surface area contributed by atoms with E-state index in [0.29, 0.717) is 0 Å². The van der Waals surface area contributed by atoms with Crippen LogP contribution >= 0.6 is 22.6 Å². The largest absolute Gasteiger partial charge is 0.103 e. The Morgan fingerprint density at radius 1 is 0.769 bits per heavy atom. The zero-order chi connectivity index (χ0) is 9.78. The van der Waals surface area contributed by atoms with E-state index in [-0.39, 0.29) is 0 Å². The molecule has 1 heteroatoms. The molecule has 0 aromatic heterocycles. The normalized spacial score (nSPS) is 10.2. The molecule has 0 rings (SSSR count). The molecule has 0 radical (unpaired) electrons. The van der Waals surface area contributed by atoms with Crippen LogP contribution in [0.3, 0.4) is 0 Å². The maximum atomic E-state index is 3.73. The van der Waals surface area contributed by atoms with E-state index in [4.69, 9.17) is 0 Å². The fraction of sp³-hybridized carbons (Fsp3) is 0.833. The van der Waals surface area contributed by atoms with Crippen LogP contribution in [0.2, 0.25) is 0 Å².